The minimum absolute atomic E-state index is 0.0248. The highest BCUT2D eigenvalue weighted by atomic mass is 79.9. The number of hydrogen-bond donors (Lipinski definition) is 3. The fourth-order valence-corrected chi connectivity index (χ4v) is 37.0. The molecule has 24 aliphatic rings. The van der Waals surface area contributed by atoms with Gasteiger partial charge in [-0.05, 0) is 229 Å². The molecule has 16 bridgehead atoms. The molecule has 25 heteroatoms. The molecule has 4 N–H and O–H groups in total. The number of halogens is 1. The van der Waals surface area contributed by atoms with Gasteiger partial charge in [-0.2, -0.15) is 0 Å². The summed E-state index contributed by atoms with van der Waals surface area (Å²) in [4.78, 5) is 53.4. The lowest BCUT2D eigenvalue weighted by Gasteiger charge is -2.73. The second-order valence-electron chi connectivity index (χ2n) is 47.2. The average molecular weight is 2070 g/mol. The minimum atomic E-state index is -0.738. The zero-order valence-corrected chi connectivity index (χ0v) is 88.7. The molecule has 12 saturated carbocycles. The van der Waals surface area contributed by atoms with Crippen LogP contribution < -0.4 is 30.0 Å². The van der Waals surface area contributed by atoms with E-state index in [9.17, 15) is 24.3 Å². The number of aryl methyl sites for hydroxylation is 4. The van der Waals surface area contributed by atoms with Crippen molar-refractivity contribution in [2.24, 2.45) is 51.1 Å². The minimum Gasteiger partial charge on any atom is -0.486 e. The van der Waals surface area contributed by atoms with Gasteiger partial charge in [0, 0.05) is 161 Å². The third kappa shape index (κ3) is 14.3. The number of carbonyl (C=O) groups excluding carboxylic acids is 3. The van der Waals surface area contributed by atoms with E-state index in [1.165, 1.54) is 116 Å². The van der Waals surface area contributed by atoms with E-state index in [-0.39, 0.29) is 150 Å². The van der Waals surface area contributed by atoms with Crippen molar-refractivity contribution in [3.05, 3.63) is 259 Å². The highest BCUT2D eigenvalue weighted by Gasteiger charge is 2.86. The van der Waals surface area contributed by atoms with E-state index < -0.39 is 11.6 Å². The molecule has 32 rings (SSSR count). The molecule has 16 aliphatic carbocycles. The normalized spacial score (nSPS) is 36.6. The van der Waals surface area contributed by atoms with Gasteiger partial charge in [0.2, 0.25) is 5.91 Å². The highest BCUT2D eigenvalue weighted by molar-refractivity contribution is 9.09. The van der Waals surface area contributed by atoms with Crippen LogP contribution >= 0.6 is 15.9 Å². The maximum absolute atomic E-state index is 12.5. The van der Waals surface area contributed by atoms with Crippen LogP contribution in [0.4, 0.5) is 0 Å². The number of carboxylic acids is 1. The maximum atomic E-state index is 12.5. The number of methoxy groups -OCH3 is 6. The van der Waals surface area contributed by atoms with Crippen molar-refractivity contribution in [3.8, 4) is 23.0 Å². The number of piperidine rings is 4. The molecule has 1 amide bonds. The molecule has 147 heavy (non-hydrogen) atoms. The first kappa shape index (κ1) is 99.8. The first-order valence-electron chi connectivity index (χ1n) is 54.4. The van der Waals surface area contributed by atoms with Gasteiger partial charge in [-0.25, -0.2) is 0 Å². The first-order valence-corrected chi connectivity index (χ1v) is 55.5. The monoisotopic (exact) mass is 2060 g/mol. The van der Waals surface area contributed by atoms with Crippen molar-refractivity contribution >= 4 is 39.7 Å². The average Bonchev–Trinajstić information content (AvgIpc) is 1.55. The lowest BCUT2D eigenvalue weighted by molar-refractivity contribution is -0.283. The summed E-state index contributed by atoms with van der Waals surface area (Å²) in [6, 6.07) is 61.0. The van der Waals surface area contributed by atoms with E-state index in [4.69, 9.17) is 67.3 Å². The number of rotatable bonds is 27. The number of hydrogen-bond acceptors (Lipinski definition) is 22. The molecule has 8 aromatic rings. The molecule has 24 atom stereocenters. The van der Waals surface area contributed by atoms with Crippen molar-refractivity contribution in [1.82, 2.24) is 20.0 Å². The number of primary amides is 1. The Balaban J connectivity index is 0.000000103. The molecule has 8 aliphatic heterocycles. The van der Waals surface area contributed by atoms with Gasteiger partial charge in [-0.1, -0.05) is 186 Å². The fraction of sp³-hybridized carbons (Fsp3) is 0.574. The molecule has 1 unspecified atom stereocenters. The molecule has 780 valence electrons. The predicted octanol–water partition coefficient (Wildman–Crippen LogP) is 16.7. The van der Waals surface area contributed by atoms with Gasteiger partial charge in [-0.3, -0.25) is 33.9 Å². The summed E-state index contributed by atoms with van der Waals surface area (Å²) in [6.45, 7) is 18.2. The zero-order valence-electron chi connectivity index (χ0n) is 87.1. The molecular formula is C122H146BrN5O19. The number of nitrogens with zero attached hydrogens (tertiary/aromatic N) is 3. The molecule has 0 aromatic heterocycles. The van der Waals surface area contributed by atoms with Crippen LogP contribution in [-0.4, -0.2) is 235 Å². The number of nitrogens with two attached hydrogens (primary N) is 1. The van der Waals surface area contributed by atoms with Gasteiger partial charge in [0.1, 0.15) is 75.1 Å². The molecule has 8 spiro atoms. The summed E-state index contributed by atoms with van der Waals surface area (Å²) >= 11 is 2.90. The Kier molecular flexibility index (Phi) is 25.6. The summed E-state index contributed by atoms with van der Waals surface area (Å²) in [5.74, 6) is 4.07. The number of likely N-dealkylation sites (tertiary alicyclic amines) is 3. The number of esters is 2. The Morgan fingerprint density at radius 1 is 0.367 bits per heavy atom. The Hall–Kier alpha value is -9.16. The lowest BCUT2D eigenvalue weighted by atomic mass is 9.35. The predicted molar refractivity (Wildman–Crippen MR) is 557 cm³/mol. The summed E-state index contributed by atoms with van der Waals surface area (Å²) in [6.07, 6.45) is 20.5. The number of carboxylic acid groups (broad SMARTS) is 1. The number of carbonyl (C=O) groups is 4. The fourth-order valence-electron chi connectivity index (χ4n) is 36.8. The highest BCUT2D eigenvalue weighted by Crippen LogP contribution is 2.82. The number of aliphatic carboxylic acids is 1. The van der Waals surface area contributed by atoms with Gasteiger partial charge >= 0.3 is 17.9 Å². The summed E-state index contributed by atoms with van der Waals surface area (Å²) in [5.41, 5.74) is 25.6. The second kappa shape index (κ2) is 37.7. The van der Waals surface area contributed by atoms with Crippen molar-refractivity contribution < 1.29 is 90.6 Å². The zero-order chi connectivity index (χ0) is 101. The topological polar surface area (TPSA) is 266 Å². The van der Waals surface area contributed by atoms with Crippen molar-refractivity contribution in [1.29, 1.82) is 0 Å². The van der Waals surface area contributed by atoms with E-state index >= 15 is 0 Å². The van der Waals surface area contributed by atoms with E-state index in [1.54, 1.807) is 5.56 Å². The van der Waals surface area contributed by atoms with E-state index in [1.807, 2.05) is 58.8 Å². The van der Waals surface area contributed by atoms with E-state index in [0.717, 1.165) is 166 Å². The Labute approximate surface area is 873 Å². The summed E-state index contributed by atoms with van der Waals surface area (Å²) < 4.78 is 89.2. The SMILES string of the molecule is COC(=O)CBr.COC(=O)CN1CC[C@]23c4c5ccc(C)c4O[C@H]2[C@@]2(OC)CC[C@@]3(C[C@@H]2COCc2ccccc2)[C@H]1C5.CO[C@]12CC[C@@]3(C[C@@H]1COCc1ccccc1)C1Cc4ccc(C)c5c4[C@@]3(CCN1)[C@H]2O5.CO[C@]12CC[C@@]3(C[C@@H]1COCc1ccccc1)[C@H]1Cc4ccc(C)c5c4[C@@]3(CCN1CC(=O)O)[C@H]2O5.CO[C@]12CC[C@@]3(C[C@@H]1COCc1ccccc1)[C@H]1Cc4ccc(C)c5c4[C@@]3(CCN1CC(N)=O)[C@H]2O5. The number of benzene rings is 8. The number of ether oxygens (including phenoxy) is 14. The Bertz CT molecular complexity index is 6190. The number of amides is 1. The van der Waals surface area contributed by atoms with Crippen LogP contribution in [0.1, 0.15) is 192 Å². The van der Waals surface area contributed by atoms with Gasteiger partial charge in [0.15, 0.2) is 0 Å². The van der Waals surface area contributed by atoms with Crippen LogP contribution in [0.3, 0.4) is 0 Å². The van der Waals surface area contributed by atoms with Gasteiger partial charge < -0.3 is 82.5 Å². The van der Waals surface area contributed by atoms with Crippen LogP contribution in [0.5, 0.6) is 23.0 Å². The van der Waals surface area contributed by atoms with Gasteiger partial charge in [-0.15, -0.1) is 0 Å². The van der Waals surface area contributed by atoms with Crippen LogP contribution in [0, 0.1) is 73.0 Å². The van der Waals surface area contributed by atoms with Gasteiger partial charge in [0.05, 0.1) is 86.7 Å². The van der Waals surface area contributed by atoms with E-state index in [2.05, 4.69) is 208 Å². The number of nitrogens with one attached hydrogen (secondary N) is 1. The first-order chi connectivity index (χ1) is 71.3. The third-order valence-corrected chi connectivity index (χ3v) is 42.8. The van der Waals surface area contributed by atoms with Crippen molar-refractivity contribution in [2.75, 3.05) is 120 Å². The molecular weight excluding hydrogens is 1920 g/mol. The largest absolute Gasteiger partial charge is 0.486 e. The van der Waals surface area contributed by atoms with Crippen LogP contribution in [0.15, 0.2) is 170 Å². The van der Waals surface area contributed by atoms with Crippen LogP contribution in [0.2, 0.25) is 0 Å². The molecule has 16 fully saturated rings. The van der Waals surface area contributed by atoms with Crippen LogP contribution in [0.25, 0.3) is 0 Å². The number of fused-ring (bicyclic) bond motifs is 8. The van der Waals surface area contributed by atoms with Crippen molar-refractivity contribution in [3.63, 3.8) is 0 Å². The second-order valence-corrected chi connectivity index (χ2v) is 47.7. The molecule has 8 aromatic carbocycles. The quantitative estimate of drug-likeness (QED) is 0.0319. The Morgan fingerprint density at radius 2 is 0.660 bits per heavy atom. The summed E-state index contributed by atoms with van der Waals surface area (Å²) in [5, 5.41) is 14.0. The van der Waals surface area contributed by atoms with Gasteiger partial charge in [0.25, 0.3) is 0 Å². The molecule has 8 heterocycles. The standard InChI is InChI=1S/C31H37NO5.C30H36N2O4.C30H35NO5.C28H33NO3.C3H5BrO2/c1-20-9-10-22-15-24-29-11-12-31(35-3,23(16-29)19-36-18-21-7-5-4-6-8-21)28-30(29,26(22)27(20)37-28)13-14-32(24)17-25(33)34-2;1-19-8-9-21-14-23-28-10-11-30(34-2,22(15-28)18-35-17-20-6-4-3-5-7-20)27-29(28,25(21)26(19)36-27)12-13-32(23)16-24(31)33;1-19-8-9-21-14-23-28-10-11-30(34-2,22(15-28)18-35-17-20-6-4-3-5-7-20)27-29(28,25(21)26(19)36-27)12-13-31(23)16-24(32)33;1-18-8-9-20-14-22-26-10-11-28(30-2,21(15-26)17-31-16-19-6-4-3-5-7-19)25-27(26,12-13-29-22)23(20)24(18)32-25;1-6-3(5)2-4/h4-10,23-24,28H,11-19H2,1-3H3;3-9,22-23,27H,10-18H2,1-2H3,(H2,31,33);3-9,22-23,27H,10-18H2,1-2H3,(H,32,33);3-9,21-22,25,29H,10-17H2,1-2H3;2H2,1H3/t23-,24-,28-,29-,30+,31-;2*22-,23-,27-,28-,29+,30-;21-,22?,25-,26-,27+,28-;/m1111./s1. The smallest absolute Gasteiger partial charge is 0.319 e. The Morgan fingerprint density at radius 3 is 0.952 bits per heavy atom. The third-order valence-electron chi connectivity index (χ3n) is 42.4. The molecule has 0 radical (unpaired) electrons. The lowest BCUT2D eigenvalue weighted by Crippen LogP contribution is -2.81. The number of alkyl halides is 1. The van der Waals surface area contributed by atoms with Crippen molar-refractivity contribution in [2.45, 2.75) is 275 Å². The maximum Gasteiger partial charge on any atom is 0.319 e. The molecule has 4 saturated heterocycles. The van der Waals surface area contributed by atoms with Crippen LogP contribution in [-0.2, 0) is 140 Å². The molecule has 24 nitrogen and oxygen atoms in total. The van der Waals surface area contributed by atoms with E-state index in [0.29, 0.717) is 71.3 Å². The summed E-state index contributed by atoms with van der Waals surface area (Å²) in [7, 11) is 10.4.